The van der Waals surface area contributed by atoms with Crippen LogP contribution in [0.3, 0.4) is 0 Å². The molecule has 0 aromatic rings. The highest BCUT2D eigenvalue weighted by Crippen LogP contribution is 1.94. The topological polar surface area (TPSA) is 66.8 Å². The van der Waals surface area contributed by atoms with E-state index in [1.54, 1.807) is 6.92 Å². The fourth-order valence-electron chi connectivity index (χ4n) is 0.432. The number of esters is 1. The smallest absolute Gasteiger partial charge is 0.333 e. The van der Waals surface area contributed by atoms with E-state index in [4.69, 9.17) is 14.9 Å². The number of hydrogen-bond acceptors (Lipinski definition) is 4. The quantitative estimate of drug-likeness (QED) is 0.411. The van der Waals surface area contributed by atoms with Crippen molar-refractivity contribution in [1.82, 2.24) is 0 Å². The van der Waals surface area contributed by atoms with Crippen LogP contribution in [0.2, 0.25) is 0 Å². The van der Waals surface area contributed by atoms with Crippen LogP contribution in [0.4, 0.5) is 0 Å². The van der Waals surface area contributed by atoms with Crippen LogP contribution < -0.4 is 0 Å². The Morgan fingerprint density at radius 3 is 2.00 bits per heavy atom. The third-order valence-electron chi connectivity index (χ3n) is 1.08. The molecular weight excluding hydrogens is 184 g/mol. The Morgan fingerprint density at radius 2 is 1.71 bits per heavy atom. The van der Waals surface area contributed by atoms with E-state index in [9.17, 15) is 4.79 Å². The molecule has 86 valence electrons. The average Bonchev–Trinajstić information content (AvgIpc) is 2.24. The van der Waals surface area contributed by atoms with Gasteiger partial charge in [0.2, 0.25) is 0 Å². The number of carbonyl (C=O) groups excluding carboxylic acids is 1. The predicted octanol–water partition coefficient (Wildman–Crippen LogP) is 1.12. The Balaban J connectivity index is -0.000000266. The van der Waals surface area contributed by atoms with E-state index in [0.29, 0.717) is 12.2 Å². The van der Waals surface area contributed by atoms with Gasteiger partial charge in [-0.3, -0.25) is 0 Å². The van der Waals surface area contributed by atoms with E-state index in [0.717, 1.165) is 27.1 Å². The molecule has 4 heteroatoms. The highest BCUT2D eigenvalue weighted by Gasteiger charge is 2.00. The van der Waals surface area contributed by atoms with Crippen molar-refractivity contribution in [3.05, 3.63) is 12.2 Å². The average molecular weight is 206 g/mol. The summed E-state index contributed by atoms with van der Waals surface area (Å²) in [5.74, 6) is -0.284. The van der Waals surface area contributed by atoms with Crippen molar-refractivity contribution in [3.63, 3.8) is 0 Å². The summed E-state index contributed by atoms with van der Waals surface area (Å²) in [6.45, 7) is 7.67. The first-order valence-corrected chi connectivity index (χ1v) is 4.40. The van der Waals surface area contributed by atoms with Crippen LogP contribution in [0.15, 0.2) is 12.2 Å². The number of unbranched alkanes of at least 4 members (excludes halogenated alkanes) is 1. The zero-order valence-corrected chi connectivity index (χ0v) is 9.54. The van der Waals surface area contributed by atoms with Crippen LogP contribution >= 0.6 is 0 Å². The molecular formula is C10H22O4. The van der Waals surface area contributed by atoms with Gasteiger partial charge in [-0.15, -0.1) is 0 Å². The summed E-state index contributed by atoms with van der Waals surface area (Å²) < 4.78 is 4.81. The molecule has 0 amide bonds. The summed E-state index contributed by atoms with van der Waals surface area (Å²) in [5.41, 5.74) is 0.469. The fraction of sp³-hybridized carbons (Fsp3) is 0.700. The molecule has 0 spiro atoms. The van der Waals surface area contributed by atoms with Crippen molar-refractivity contribution < 1.29 is 19.7 Å². The molecule has 0 aliphatic rings. The van der Waals surface area contributed by atoms with Crippen LogP contribution in [0.1, 0.15) is 26.7 Å². The van der Waals surface area contributed by atoms with Crippen LogP contribution in [0.5, 0.6) is 0 Å². The minimum Gasteiger partial charge on any atom is -0.462 e. The monoisotopic (exact) mass is 206 g/mol. The lowest BCUT2D eigenvalue weighted by Gasteiger charge is -2.01. The molecule has 0 rings (SSSR count). The number of carbonyl (C=O) groups is 1. The summed E-state index contributed by atoms with van der Waals surface area (Å²) in [6.07, 6.45) is 1.97. The van der Waals surface area contributed by atoms with Gasteiger partial charge < -0.3 is 14.9 Å². The Labute approximate surface area is 86.2 Å². The maximum absolute atomic E-state index is 10.7. The minimum atomic E-state index is -0.284. The lowest BCUT2D eigenvalue weighted by Crippen LogP contribution is -2.05. The van der Waals surface area contributed by atoms with Crippen molar-refractivity contribution >= 4 is 5.97 Å². The molecule has 0 fully saturated rings. The van der Waals surface area contributed by atoms with Crippen molar-refractivity contribution in [1.29, 1.82) is 0 Å². The van der Waals surface area contributed by atoms with Crippen molar-refractivity contribution in [2.45, 2.75) is 26.7 Å². The summed E-state index contributed by atoms with van der Waals surface area (Å²) in [5, 5.41) is 14.0. The van der Waals surface area contributed by atoms with Crippen molar-refractivity contribution in [3.8, 4) is 0 Å². The molecule has 0 saturated carbocycles. The highest BCUT2D eigenvalue weighted by atomic mass is 16.5. The number of aliphatic hydroxyl groups excluding tert-OH is 2. The number of aliphatic hydroxyl groups is 2. The summed E-state index contributed by atoms with van der Waals surface area (Å²) >= 11 is 0. The second-order valence-electron chi connectivity index (χ2n) is 2.27. The second kappa shape index (κ2) is 18.0. The molecule has 2 N–H and O–H groups in total. The summed E-state index contributed by atoms with van der Waals surface area (Å²) in [6, 6.07) is 0. The van der Waals surface area contributed by atoms with Gasteiger partial charge in [0.25, 0.3) is 0 Å². The van der Waals surface area contributed by atoms with Gasteiger partial charge in [-0.05, 0) is 13.3 Å². The fourth-order valence-corrected chi connectivity index (χ4v) is 0.432. The molecule has 0 aliphatic carbocycles. The van der Waals surface area contributed by atoms with Crippen LogP contribution in [0.25, 0.3) is 0 Å². The van der Waals surface area contributed by atoms with E-state index in [2.05, 4.69) is 13.5 Å². The molecule has 0 aromatic carbocycles. The normalized spacial score (nSPS) is 7.29. The first-order valence-electron chi connectivity index (χ1n) is 4.40. The van der Waals surface area contributed by atoms with E-state index in [1.165, 1.54) is 0 Å². The van der Waals surface area contributed by atoms with E-state index in [1.807, 2.05) is 0 Å². The third-order valence-corrected chi connectivity index (χ3v) is 1.08. The maximum atomic E-state index is 10.7. The number of ether oxygens (including phenoxy) is 1. The lowest BCUT2D eigenvalue weighted by atomic mass is 10.3. The van der Waals surface area contributed by atoms with Crippen molar-refractivity contribution in [2.24, 2.45) is 0 Å². The van der Waals surface area contributed by atoms with Gasteiger partial charge in [-0.25, -0.2) is 4.79 Å². The van der Waals surface area contributed by atoms with Crippen LogP contribution in [0, 0.1) is 0 Å². The van der Waals surface area contributed by atoms with Crippen LogP contribution in [-0.2, 0) is 9.53 Å². The first-order chi connectivity index (χ1) is 6.68. The second-order valence-corrected chi connectivity index (χ2v) is 2.27. The summed E-state index contributed by atoms with van der Waals surface area (Å²) in [4.78, 5) is 10.7. The van der Waals surface area contributed by atoms with Gasteiger partial charge in [-0.2, -0.15) is 0 Å². The van der Waals surface area contributed by atoms with Crippen LogP contribution in [-0.4, -0.2) is 37.0 Å². The van der Waals surface area contributed by atoms with Gasteiger partial charge in [0.05, 0.1) is 6.61 Å². The molecule has 14 heavy (non-hydrogen) atoms. The Hall–Kier alpha value is -0.870. The zero-order chi connectivity index (χ0) is 12.0. The van der Waals surface area contributed by atoms with Gasteiger partial charge in [0.1, 0.15) is 0 Å². The SMILES string of the molecule is C=C(C)C(=O)OCCCC.CO.CO. The van der Waals surface area contributed by atoms with E-state index >= 15 is 0 Å². The molecule has 0 aliphatic heterocycles. The van der Waals surface area contributed by atoms with Gasteiger partial charge in [-0.1, -0.05) is 19.9 Å². The zero-order valence-electron chi connectivity index (χ0n) is 9.54. The maximum Gasteiger partial charge on any atom is 0.333 e. The Morgan fingerprint density at radius 1 is 1.29 bits per heavy atom. The molecule has 0 heterocycles. The molecule has 4 nitrogen and oxygen atoms in total. The molecule has 0 unspecified atom stereocenters. The summed E-state index contributed by atoms with van der Waals surface area (Å²) in [7, 11) is 2.00. The first kappa shape index (κ1) is 18.8. The number of rotatable bonds is 4. The van der Waals surface area contributed by atoms with E-state index in [-0.39, 0.29) is 5.97 Å². The Kier molecular flexibility index (Phi) is 24.2. The molecule has 0 radical (unpaired) electrons. The standard InChI is InChI=1S/C8H14O2.2CH4O/c1-4-5-6-10-8(9)7(2)3;2*1-2/h2,4-6H2,1,3H3;2*2H,1H3. The Bertz CT molecular complexity index is 132. The molecule has 0 atom stereocenters. The largest absolute Gasteiger partial charge is 0.462 e. The van der Waals surface area contributed by atoms with Gasteiger partial charge in [0.15, 0.2) is 0 Å². The predicted molar refractivity (Wildman–Crippen MR) is 57.0 cm³/mol. The molecule has 0 saturated heterocycles. The van der Waals surface area contributed by atoms with E-state index < -0.39 is 0 Å². The van der Waals surface area contributed by atoms with Crippen molar-refractivity contribution in [2.75, 3.05) is 20.8 Å². The van der Waals surface area contributed by atoms with Gasteiger partial charge >= 0.3 is 5.97 Å². The number of hydrogen-bond donors (Lipinski definition) is 2. The molecule has 0 aromatic heterocycles. The lowest BCUT2D eigenvalue weighted by molar-refractivity contribution is -0.139. The minimum absolute atomic E-state index is 0.284. The van der Waals surface area contributed by atoms with Gasteiger partial charge in [0, 0.05) is 19.8 Å². The third kappa shape index (κ3) is 17.3. The molecule has 0 bridgehead atoms. The highest BCUT2D eigenvalue weighted by molar-refractivity contribution is 5.86.